The van der Waals surface area contributed by atoms with Crippen LogP contribution in [0.2, 0.25) is 0 Å². The van der Waals surface area contributed by atoms with E-state index in [1.807, 2.05) is 37.1 Å². The monoisotopic (exact) mass is 477 g/mol. The lowest BCUT2D eigenvalue weighted by molar-refractivity contribution is 0.0752. The predicted octanol–water partition coefficient (Wildman–Crippen LogP) is 4.93. The molecule has 0 spiro atoms. The van der Waals surface area contributed by atoms with E-state index in [1.165, 1.54) is 36.1 Å². The zero-order valence-electron chi connectivity index (χ0n) is 22.2. The second-order valence-corrected chi connectivity index (χ2v) is 10.2. The molecule has 5 rings (SSSR count). The van der Waals surface area contributed by atoms with E-state index >= 15 is 0 Å². The van der Waals surface area contributed by atoms with E-state index in [0.29, 0.717) is 5.92 Å². The van der Waals surface area contributed by atoms with Gasteiger partial charge < -0.3 is 9.80 Å². The van der Waals surface area contributed by atoms with Gasteiger partial charge >= 0.3 is 0 Å². The molecule has 1 saturated carbocycles. The SMILES string of the molecule is CC.CC(C)c1ccc(C(=O)N2CCCc3nc(N4CCN(C5CCC5)CC4)ncc3CC2)cc1. The molecule has 3 heterocycles. The largest absolute Gasteiger partial charge is 0.338 e. The van der Waals surface area contributed by atoms with Gasteiger partial charge in [-0.2, -0.15) is 0 Å². The lowest BCUT2D eigenvalue weighted by Gasteiger charge is -2.43. The van der Waals surface area contributed by atoms with Crippen molar-refractivity contribution >= 4 is 11.9 Å². The fraction of sp³-hybridized carbons (Fsp3) is 0.621. The van der Waals surface area contributed by atoms with Gasteiger partial charge in [0.25, 0.3) is 5.91 Å². The van der Waals surface area contributed by atoms with E-state index in [0.717, 1.165) is 76.1 Å². The van der Waals surface area contributed by atoms with Crippen LogP contribution in [0, 0.1) is 0 Å². The third kappa shape index (κ3) is 6.03. The molecule has 0 N–H and O–H groups in total. The molecule has 1 saturated heterocycles. The summed E-state index contributed by atoms with van der Waals surface area (Å²) in [6.07, 6.45) is 8.82. The average Bonchev–Trinajstić information content (AvgIpc) is 2.85. The van der Waals surface area contributed by atoms with Gasteiger partial charge in [0.05, 0.1) is 0 Å². The van der Waals surface area contributed by atoms with E-state index in [1.54, 1.807) is 0 Å². The molecule has 190 valence electrons. The number of aromatic nitrogens is 2. The molecule has 1 aromatic heterocycles. The van der Waals surface area contributed by atoms with E-state index in [2.05, 4.69) is 35.8 Å². The molecule has 35 heavy (non-hydrogen) atoms. The van der Waals surface area contributed by atoms with Crippen LogP contribution in [0.25, 0.3) is 0 Å². The van der Waals surface area contributed by atoms with Gasteiger partial charge in [-0.3, -0.25) is 9.69 Å². The van der Waals surface area contributed by atoms with Crippen LogP contribution in [0.15, 0.2) is 30.5 Å². The van der Waals surface area contributed by atoms with Gasteiger partial charge in [-0.1, -0.05) is 46.2 Å². The number of carbonyl (C=O) groups is 1. The molecule has 0 radical (unpaired) electrons. The molecule has 2 aromatic rings. The Morgan fingerprint density at radius 3 is 2.26 bits per heavy atom. The van der Waals surface area contributed by atoms with Gasteiger partial charge in [0.2, 0.25) is 5.95 Å². The van der Waals surface area contributed by atoms with Gasteiger partial charge in [0, 0.05) is 62.8 Å². The van der Waals surface area contributed by atoms with Gasteiger partial charge in [-0.15, -0.1) is 0 Å². The number of aryl methyl sites for hydroxylation is 1. The number of amides is 1. The maximum atomic E-state index is 13.1. The summed E-state index contributed by atoms with van der Waals surface area (Å²) in [6, 6.07) is 8.94. The van der Waals surface area contributed by atoms with E-state index < -0.39 is 0 Å². The Balaban J connectivity index is 0.00000141. The molecule has 6 nitrogen and oxygen atoms in total. The highest BCUT2D eigenvalue weighted by molar-refractivity contribution is 5.94. The van der Waals surface area contributed by atoms with Gasteiger partial charge in [0.1, 0.15) is 0 Å². The fourth-order valence-corrected chi connectivity index (χ4v) is 5.25. The number of piperazine rings is 1. The van der Waals surface area contributed by atoms with Crippen LogP contribution in [-0.4, -0.2) is 71.0 Å². The molecule has 2 fully saturated rings. The van der Waals surface area contributed by atoms with Crippen molar-refractivity contribution in [3.05, 3.63) is 52.8 Å². The van der Waals surface area contributed by atoms with Crippen molar-refractivity contribution in [1.82, 2.24) is 19.8 Å². The molecule has 1 aliphatic carbocycles. The minimum Gasteiger partial charge on any atom is -0.338 e. The Labute approximate surface area is 211 Å². The number of benzene rings is 1. The molecule has 6 heteroatoms. The maximum absolute atomic E-state index is 13.1. The highest BCUT2D eigenvalue weighted by Gasteiger charge is 2.29. The standard InChI is InChI=1S/C27H37N5O.C2H6/c1-20(2)21-8-10-22(11-9-21)26(33)31-13-4-7-25-23(12-14-31)19-28-27(29-25)32-17-15-30(16-18-32)24-5-3-6-24;1-2/h8-11,19-20,24H,3-7,12-18H2,1-2H3;1-2H3. The number of hydrogen-bond donors (Lipinski definition) is 0. The van der Waals surface area contributed by atoms with Crippen molar-refractivity contribution in [2.75, 3.05) is 44.2 Å². The first-order valence-corrected chi connectivity index (χ1v) is 13.8. The van der Waals surface area contributed by atoms with Crippen LogP contribution in [0.3, 0.4) is 0 Å². The quantitative estimate of drug-likeness (QED) is 0.625. The minimum atomic E-state index is 0.135. The topological polar surface area (TPSA) is 52.6 Å². The molecule has 0 unspecified atom stereocenters. The second-order valence-electron chi connectivity index (χ2n) is 10.2. The minimum absolute atomic E-state index is 0.135. The maximum Gasteiger partial charge on any atom is 0.253 e. The van der Waals surface area contributed by atoms with Crippen molar-refractivity contribution in [1.29, 1.82) is 0 Å². The van der Waals surface area contributed by atoms with Crippen molar-refractivity contribution in [2.24, 2.45) is 0 Å². The predicted molar refractivity (Wildman–Crippen MR) is 143 cm³/mol. The first-order valence-electron chi connectivity index (χ1n) is 13.8. The van der Waals surface area contributed by atoms with Crippen molar-refractivity contribution in [2.45, 2.75) is 78.2 Å². The number of fused-ring (bicyclic) bond motifs is 1. The Hall–Kier alpha value is -2.47. The first-order chi connectivity index (χ1) is 17.1. The molecule has 2 aliphatic heterocycles. The third-order valence-electron chi connectivity index (χ3n) is 7.73. The first kappa shape index (κ1) is 25.6. The third-order valence-corrected chi connectivity index (χ3v) is 7.73. The Morgan fingerprint density at radius 2 is 1.63 bits per heavy atom. The van der Waals surface area contributed by atoms with Crippen molar-refractivity contribution in [3.8, 4) is 0 Å². The van der Waals surface area contributed by atoms with Crippen molar-refractivity contribution in [3.63, 3.8) is 0 Å². The van der Waals surface area contributed by atoms with Gasteiger partial charge in [-0.05, 0) is 61.3 Å². The number of hydrogen-bond acceptors (Lipinski definition) is 5. The molecule has 1 amide bonds. The summed E-state index contributed by atoms with van der Waals surface area (Å²) in [5.74, 6) is 1.50. The molecule has 1 aromatic carbocycles. The molecule has 0 bridgehead atoms. The van der Waals surface area contributed by atoms with Crippen LogP contribution in [0.1, 0.15) is 86.5 Å². The lowest BCUT2D eigenvalue weighted by atomic mass is 9.91. The summed E-state index contributed by atoms with van der Waals surface area (Å²) in [5, 5.41) is 0. The summed E-state index contributed by atoms with van der Waals surface area (Å²) < 4.78 is 0. The molecular weight excluding hydrogens is 434 g/mol. The average molecular weight is 478 g/mol. The van der Waals surface area contributed by atoms with E-state index in [-0.39, 0.29) is 5.91 Å². The normalized spacial score (nSPS) is 19.2. The molecule has 0 atom stereocenters. The fourth-order valence-electron chi connectivity index (χ4n) is 5.25. The van der Waals surface area contributed by atoms with Crippen molar-refractivity contribution < 1.29 is 4.79 Å². The molecular formula is C29H43N5O. The van der Waals surface area contributed by atoms with Crippen LogP contribution in [-0.2, 0) is 12.8 Å². The van der Waals surface area contributed by atoms with E-state index in [9.17, 15) is 4.79 Å². The highest BCUT2D eigenvalue weighted by Crippen LogP contribution is 2.26. The summed E-state index contributed by atoms with van der Waals surface area (Å²) >= 11 is 0. The van der Waals surface area contributed by atoms with Crippen LogP contribution < -0.4 is 4.90 Å². The van der Waals surface area contributed by atoms with Crippen LogP contribution >= 0.6 is 0 Å². The number of rotatable bonds is 4. The van der Waals surface area contributed by atoms with Crippen LogP contribution in [0.4, 0.5) is 5.95 Å². The zero-order chi connectivity index (χ0) is 24.8. The Morgan fingerprint density at radius 1 is 0.914 bits per heavy atom. The van der Waals surface area contributed by atoms with Crippen LogP contribution in [0.5, 0.6) is 0 Å². The second kappa shape index (κ2) is 12.0. The molecule has 3 aliphatic rings. The highest BCUT2D eigenvalue weighted by atomic mass is 16.2. The summed E-state index contributed by atoms with van der Waals surface area (Å²) in [5.41, 5.74) is 4.42. The Bertz CT molecular complexity index is 962. The number of anilines is 1. The number of carbonyl (C=O) groups excluding carboxylic acids is 1. The number of nitrogens with zero attached hydrogens (tertiary/aromatic N) is 5. The lowest BCUT2D eigenvalue weighted by Crippen LogP contribution is -2.52. The summed E-state index contributed by atoms with van der Waals surface area (Å²) in [4.78, 5) is 29.8. The van der Waals surface area contributed by atoms with Gasteiger partial charge in [-0.25, -0.2) is 9.97 Å². The summed E-state index contributed by atoms with van der Waals surface area (Å²) in [6.45, 7) is 14.1. The summed E-state index contributed by atoms with van der Waals surface area (Å²) in [7, 11) is 0. The van der Waals surface area contributed by atoms with Gasteiger partial charge in [0.15, 0.2) is 0 Å². The Kier molecular flexibility index (Phi) is 8.77. The zero-order valence-corrected chi connectivity index (χ0v) is 22.2. The smallest absolute Gasteiger partial charge is 0.253 e. The van der Waals surface area contributed by atoms with E-state index in [4.69, 9.17) is 9.97 Å².